The SMILES string of the molecule is COC(=O)c1c(OCCc2cccs2)cc(=O)n2c1CCN(C(=O)COc1ccccc1)CC2. The Kier molecular flexibility index (Phi) is 7.64. The lowest BCUT2D eigenvalue weighted by atomic mass is 10.1. The second-order valence-corrected chi connectivity index (χ2v) is 8.75. The van der Waals surface area contributed by atoms with Crippen LogP contribution in [0.5, 0.6) is 11.5 Å². The van der Waals surface area contributed by atoms with Crippen LogP contribution >= 0.6 is 11.3 Å². The summed E-state index contributed by atoms with van der Waals surface area (Å²) in [5.74, 6) is 0.0770. The van der Waals surface area contributed by atoms with Gasteiger partial charge in [-0.15, -0.1) is 11.3 Å². The number of carbonyl (C=O) groups excluding carboxylic acids is 2. The maximum Gasteiger partial charge on any atom is 0.343 e. The maximum atomic E-state index is 12.9. The first-order valence-corrected chi connectivity index (χ1v) is 11.9. The van der Waals surface area contributed by atoms with Crippen LogP contribution in [0.1, 0.15) is 20.9 Å². The number of pyridine rings is 1. The molecule has 0 fully saturated rings. The van der Waals surface area contributed by atoms with Crippen molar-refractivity contribution in [2.75, 3.05) is 33.4 Å². The van der Waals surface area contributed by atoms with Crippen LogP contribution in [0.2, 0.25) is 0 Å². The third kappa shape index (κ3) is 5.48. The van der Waals surface area contributed by atoms with Crippen LogP contribution in [0.15, 0.2) is 58.7 Å². The molecule has 0 bridgehead atoms. The van der Waals surface area contributed by atoms with E-state index in [2.05, 4.69) is 0 Å². The number of nitrogens with zero attached hydrogens (tertiary/aromatic N) is 2. The largest absolute Gasteiger partial charge is 0.492 e. The fourth-order valence-corrected chi connectivity index (χ4v) is 4.59. The van der Waals surface area contributed by atoms with Crippen molar-refractivity contribution in [1.29, 1.82) is 0 Å². The lowest BCUT2D eigenvalue weighted by Crippen LogP contribution is -2.37. The number of esters is 1. The third-order valence-electron chi connectivity index (χ3n) is 5.63. The number of fused-ring (bicyclic) bond motifs is 1. The van der Waals surface area contributed by atoms with Gasteiger partial charge in [0.1, 0.15) is 17.1 Å². The number of aromatic nitrogens is 1. The molecule has 9 heteroatoms. The predicted molar refractivity (Wildman–Crippen MR) is 128 cm³/mol. The van der Waals surface area contributed by atoms with Gasteiger partial charge in [0.05, 0.1) is 13.7 Å². The standard InChI is InChI=1S/C25H26N2O6S/c1-31-25(30)24-20-9-11-26(23(29)17-33-18-6-3-2-4-7-18)12-13-27(20)22(28)16-21(24)32-14-10-19-8-5-15-34-19/h2-8,15-16H,9-14,17H2,1H3. The Balaban J connectivity index is 1.50. The molecule has 1 aromatic carbocycles. The predicted octanol–water partition coefficient (Wildman–Crippen LogP) is 2.78. The fraction of sp³-hybridized carbons (Fsp3) is 0.320. The number of ether oxygens (including phenoxy) is 3. The minimum Gasteiger partial charge on any atom is -0.492 e. The molecule has 1 aliphatic rings. The summed E-state index contributed by atoms with van der Waals surface area (Å²) in [6.45, 7) is 1.18. The summed E-state index contributed by atoms with van der Waals surface area (Å²) in [5, 5.41) is 1.99. The number of benzene rings is 1. The van der Waals surface area contributed by atoms with Crippen LogP contribution in [0, 0.1) is 0 Å². The van der Waals surface area contributed by atoms with E-state index in [9.17, 15) is 14.4 Å². The summed E-state index contributed by atoms with van der Waals surface area (Å²) in [6.07, 6.45) is 0.985. The molecule has 0 radical (unpaired) electrons. The Morgan fingerprint density at radius 1 is 1.03 bits per heavy atom. The molecule has 0 atom stereocenters. The smallest absolute Gasteiger partial charge is 0.343 e. The van der Waals surface area contributed by atoms with Crippen molar-refractivity contribution in [1.82, 2.24) is 9.47 Å². The van der Waals surface area contributed by atoms with Crippen LogP contribution in [-0.4, -0.2) is 54.8 Å². The molecule has 3 heterocycles. The summed E-state index contributed by atoms with van der Waals surface area (Å²) < 4.78 is 18.0. The lowest BCUT2D eigenvalue weighted by Gasteiger charge is -2.20. The van der Waals surface area contributed by atoms with Crippen molar-refractivity contribution < 1.29 is 23.8 Å². The molecule has 2 aromatic heterocycles. The topological polar surface area (TPSA) is 87.1 Å². The molecular formula is C25H26N2O6S. The van der Waals surface area contributed by atoms with Crippen molar-refractivity contribution in [3.05, 3.63) is 80.4 Å². The van der Waals surface area contributed by atoms with Gasteiger partial charge < -0.3 is 23.7 Å². The molecule has 0 N–H and O–H groups in total. The van der Waals surface area contributed by atoms with Gasteiger partial charge in [-0.05, 0) is 23.6 Å². The number of rotatable bonds is 8. The number of hydrogen-bond donors (Lipinski definition) is 0. The average molecular weight is 483 g/mol. The Bertz CT molecular complexity index is 1190. The molecule has 34 heavy (non-hydrogen) atoms. The maximum absolute atomic E-state index is 12.9. The quantitative estimate of drug-likeness (QED) is 0.459. The third-order valence-corrected chi connectivity index (χ3v) is 6.56. The lowest BCUT2D eigenvalue weighted by molar-refractivity contribution is -0.133. The molecule has 0 saturated carbocycles. The van der Waals surface area contributed by atoms with E-state index >= 15 is 0 Å². The van der Waals surface area contributed by atoms with Crippen LogP contribution < -0.4 is 15.0 Å². The van der Waals surface area contributed by atoms with Gasteiger partial charge in [-0.1, -0.05) is 24.3 Å². The number of carbonyl (C=O) groups is 2. The first-order chi connectivity index (χ1) is 16.6. The van der Waals surface area contributed by atoms with E-state index < -0.39 is 5.97 Å². The van der Waals surface area contributed by atoms with E-state index in [4.69, 9.17) is 14.2 Å². The molecule has 0 aliphatic carbocycles. The molecule has 4 rings (SSSR count). The first-order valence-electron chi connectivity index (χ1n) is 11.0. The molecule has 0 unspecified atom stereocenters. The van der Waals surface area contributed by atoms with Crippen molar-refractivity contribution in [3.63, 3.8) is 0 Å². The highest BCUT2D eigenvalue weighted by molar-refractivity contribution is 7.09. The Morgan fingerprint density at radius 3 is 2.59 bits per heavy atom. The van der Waals surface area contributed by atoms with Gasteiger partial charge in [0.2, 0.25) is 0 Å². The summed E-state index contributed by atoms with van der Waals surface area (Å²) >= 11 is 1.62. The van der Waals surface area contributed by atoms with Gasteiger partial charge in [0.15, 0.2) is 6.61 Å². The van der Waals surface area contributed by atoms with Crippen molar-refractivity contribution in [2.45, 2.75) is 19.4 Å². The Hall–Kier alpha value is -3.59. The Labute approximate surface area is 201 Å². The highest BCUT2D eigenvalue weighted by atomic mass is 32.1. The van der Waals surface area contributed by atoms with Crippen molar-refractivity contribution in [2.24, 2.45) is 0 Å². The molecule has 178 valence electrons. The van der Waals surface area contributed by atoms with Gasteiger partial charge in [0, 0.05) is 49.1 Å². The molecule has 1 aliphatic heterocycles. The van der Waals surface area contributed by atoms with Gasteiger partial charge in [-0.2, -0.15) is 0 Å². The Morgan fingerprint density at radius 2 is 1.85 bits per heavy atom. The summed E-state index contributed by atoms with van der Waals surface area (Å²) in [6, 6.07) is 14.4. The first kappa shape index (κ1) is 23.6. The normalized spacial score (nSPS) is 13.0. The highest BCUT2D eigenvalue weighted by Gasteiger charge is 2.27. The number of methoxy groups -OCH3 is 1. The van der Waals surface area contributed by atoms with Crippen LogP contribution in [0.25, 0.3) is 0 Å². The second kappa shape index (κ2) is 11.0. The fourth-order valence-electron chi connectivity index (χ4n) is 3.90. The highest BCUT2D eigenvalue weighted by Crippen LogP contribution is 2.24. The molecule has 1 amide bonds. The number of hydrogen-bond acceptors (Lipinski definition) is 7. The zero-order chi connectivity index (χ0) is 23.9. The number of thiophene rings is 1. The second-order valence-electron chi connectivity index (χ2n) is 7.72. The van der Waals surface area contributed by atoms with E-state index in [1.165, 1.54) is 17.7 Å². The van der Waals surface area contributed by atoms with Gasteiger partial charge in [0.25, 0.3) is 11.5 Å². The zero-order valence-electron chi connectivity index (χ0n) is 18.9. The molecule has 8 nitrogen and oxygen atoms in total. The summed E-state index contributed by atoms with van der Waals surface area (Å²) in [4.78, 5) is 41.1. The van der Waals surface area contributed by atoms with Crippen LogP contribution in [-0.2, 0) is 28.9 Å². The number of para-hydroxylation sites is 1. The van der Waals surface area contributed by atoms with E-state index in [1.807, 2.05) is 35.7 Å². The van der Waals surface area contributed by atoms with E-state index in [0.29, 0.717) is 44.0 Å². The monoisotopic (exact) mass is 482 g/mol. The minimum absolute atomic E-state index is 0.101. The van der Waals surface area contributed by atoms with Crippen LogP contribution in [0.4, 0.5) is 0 Å². The van der Waals surface area contributed by atoms with Crippen molar-refractivity contribution in [3.8, 4) is 11.5 Å². The summed E-state index contributed by atoms with van der Waals surface area (Å²) in [7, 11) is 1.30. The number of amides is 1. The molecule has 3 aromatic rings. The van der Waals surface area contributed by atoms with Gasteiger partial charge in [-0.25, -0.2) is 4.79 Å². The van der Waals surface area contributed by atoms with Crippen molar-refractivity contribution >= 4 is 23.2 Å². The van der Waals surface area contributed by atoms with E-state index in [1.54, 1.807) is 28.4 Å². The van der Waals surface area contributed by atoms with E-state index in [0.717, 1.165) is 4.88 Å². The average Bonchev–Trinajstić information content (AvgIpc) is 3.27. The zero-order valence-corrected chi connectivity index (χ0v) is 19.7. The molecular weight excluding hydrogens is 456 g/mol. The van der Waals surface area contributed by atoms with Crippen LogP contribution in [0.3, 0.4) is 0 Å². The van der Waals surface area contributed by atoms with E-state index in [-0.39, 0.29) is 35.9 Å². The minimum atomic E-state index is -0.568. The summed E-state index contributed by atoms with van der Waals surface area (Å²) in [5.41, 5.74) is 0.483. The van der Waals surface area contributed by atoms with Gasteiger partial charge in [-0.3, -0.25) is 9.59 Å². The molecule has 0 saturated heterocycles. The van der Waals surface area contributed by atoms with Gasteiger partial charge >= 0.3 is 5.97 Å². The molecule has 0 spiro atoms.